The van der Waals surface area contributed by atoms with Crippen LogP contribution < -0.4 is 0 Å². The quantitative estimate of drug-likeness (QED) is 0.165. The zero-order valence-corrected chi connectivity index (χ0v) is 35.8. The second-order valence-corrected chi connectivity index (χ2v) is 17.6. The summed E-state index contributed by atoms with van der Waals surface area (Å²) in [5.74, 6) is 0. The van der Waals surface area contributed by atoms with Gasteiger partial charge in [-0.25, -0.2) is 4.98 Å². The van der Waals surface area contributed by atoms with Crippen LogP contribution in [0, 0.1) is 0 Å². The molecule has 0 radical (unpaired) electrons. The molecule has 66 heavy (non-hydrogen) atoms. The first-order valence-electron chi connectivity index (χ1n) is 22.7. The van der Waals surface area contributed by atoms with Crippen LogP contribution in [-0.2, 0) is 0 Å². The minimum absolute atomic E-state index is 0.951. The van der Waals surface area contributed by atoms with Crippen molar-refractivity contribution in [2.75, 3.05) is 0 Å². The predicted molar refractivity (Wildman–Crippen MR) is 281 cm³/mol. The van der Waals surface area contributed by atoms with Gasteiger partial charge in [0.15, 0.2) is 0 Å². The largest absolute Gasteiger partial charge is 0.256 e. The normalized spacial score (nSPS) is 11.9. The van der Waals surface area contributed by atoms with E-state index in [1.807, 2.05) is 12.3 Å². The number of hydrogen-bond acceptors (Lipinski definition) is 2. The van der Waals surface area contributed by atoms with Gasteiger partial charge in [-0.15, -0.1) is 0 Å². The Bertz CT molecular complexity index is 4260. The third-order valence-corrected chi connectivity index (χ3v) is 14.1. The van der Waals surface area contributed by atoms with Gasteiger partial charge in [0.05, 0.1) is 16.7 Å². The summed E-state index contributed by atoms with van der Waals surface area (Å²) in [5, 5.41) is 19.7. The Morgan fingerprint density at radius 2 is 0.621 bits per heavy atom. The highest BCUT2D eigenvalue weighted by Crippen LogP contribution is 2.44. The number of benzene rings is 12. The minimum Gasteiger partial charge on any atom is -0.256 e. The smallest absolute Gasteiger partial charge is 0.0794 e. The van der Waals surface area contributed by atoms with Crippen LogP contribution in [0.4, 0.5) is 0 Å². The zero-order chi connectivity index (χ0) is 43.3. The number of hydrogen-bond donors (Lipinski definition) is 0. The van der Waals surface area contributed by atoms with Gasteiger partial charge < -0.3 is 0 Å². The molecule has 14 rings (SSSR count). The van der Waals surface area contributed by atoms with Crippen LogP contribution in [0.1, 0.15) is 0 Å². The summed E-state index contributed by atoms with van der Waals surface area (Å²) in [6.45, 7) is 0. The number of aromatic nitrogens is 2. The maximum atomic E-state index is 5.67. The lowest BCUT2D eigenvalue weighted by Crippen LogP contribution is -1.94. The van der Waals surface area contributed by atoms with E-state index in [1.165, 1.54) is 86.7 Å². The molecule has 0 aliphatic carbocycles. The van der Waals surface area contributed by atoms with Crippen LogP contribution in [0.15, 0.2) is 231 Å². The summed E-state index contributed by atoms with van der Waals surface area (Å²) in [6.07, 6.45) is 1.91. The van der Waals surface area contributed by atoms with E-state index in [9.17, 15) is 0 Å². The fraction of sp³-hybridized carbons (Fsp3) is 0. The highest BCUT2D eigenvalue weighted by Gasteiger charge is 2.19. The molecule has 12 aromatic carbocycles. The molecular weight excluding hydrogens is 797 g/mol. The summed E-state index contributed by atoms with van der Waals surface area (Å²) in [6, 6.07) is 82.4. The summed E-state index contributed by atoms with van der Waals surface area (Å²) >= 11 is 0. The van der Waals surface area contributed by atoms with Crippen molar-refractivity contribution >= 4 is 97.2 Å². The van der Waals surface area contributed by atoms with Crippen molar-refractivity contribution < 1.29 is 0 Å². The van der Waals surface area contributed by atoms with Crippen molar-refractivity contribution in [1.29, 1.82) is 0 Å². The van der Waals surface area contributed by atoms with Crippen molar-refractivity contribution in [2.45, 2.75) is 0 Å². The second-order valence-electron chi connectivity index (χ2n) is 17.6. The topological polar surface area (TPSA) is 25.8 Å². The van der Waals surface area contributed by atoms with Crippen molar-refractivity contribution in [3.63, 3.8) is 0 Å². The Morgan fingerprint density at radius 3 is 1.18 bits per heavy atom. The summed E-state index contributed by atoms with van der Waals surface area (Å²) < 4.78 is 0. The van der Waals surface area contributed by atoms with Crippen LogP contribution >= 0.6 is 0 Å². The van der Waals surface area contributed by atoms with Crippen LogP contribution in [0.25, 0.3) is 142 Å². The Kier molecular flexibility index (Phi) is 8.02. The third-order valence-electron chi connectivity index (χ3n) is 14.1. The first kappa shape index (κ1) is 36.7. The molecular formula is C64H38N2. The highest BCUT2D eigenvalue weighted by molar-refractivity contribution is 6.27. The molecule has 2 heteroatoms. The van der Waals surface area contributed by atoms with E-state index in [0.29, 0.717) is 0 Å². The number of pyridine rings is 2. The third kappa shape index (κ3) is 5.55. The molecule has 0 aliphatic rings. The molecule has 0 fully saturated rings. The highest BCUT2D eigenvalue weighted by atomic mass is 14.7. The first-order valence-corrected chi connectivity index (χ1v) is 22.7. The first-order chi connectivity index (χ1) is 32.7. The molecule has 2 nitrogen and oxygen atoms in total. The van der Waals surface area contributed by atoms with E-state index in [1.54, 1.807) is 0 Å². The van der Waals surface area contributed by atoms with Gasteiger partial charge in [0, 0.05) is 27.9 Å². The predicted octanol–water partition coefficient (Wildman–Crippen LogP) is 17.5. The zero-order valence-electron chi connectivity index (χ0n) is 35.8. The van der Waals surface area contributed by atoms with Crippen molar-refractivity contribution in [1.82, 2.24) is 9.97 Å². The van der Waals surface area contributed by atoms with Gasteiger partial charge in [-0.1, -0.05) is 188 Å². The monoisotopic (exact) mass is 834 g/mol. The van der Waals surface area contributed by atoms with Crippen molar-refractivity contribution in [3.8, 4) is 44.6 Å². The fourth-order valence-corrected chi connectivity index (χ4v) is 11.0. The van der Waals surface area contributed by atoms with E-state index in [-0.39, 0.29) is 0 Å². The minimum atomic E-state index is 0.951. The molecule has 2 heterocycles. The molecule has 0 amide bonds. The van der Waals surface area contributed by atoms with Crippen molar-refractivity contribution in [2.24, 2.45) is 0 Å². The summed E-state index contributed by atoms with van der Waals surface area (Å²) in [4.78, 5) is 10.3. The number of nitrogens with zero attached hydrogens (tertiary/aromatic N) is 2. The van der Waals surface area contributed by atoms with Gasteiger partial charge in [0.2, 0.25) is 0 Å². The van der Waals surface area contributed by atoms with Crippen LogP contribution in [0.5, 0.6) is 0 Å². The van der Waals surface area contributed by atoms with Crippen LogP contribution in [0.3, 0.4) is 0 Å². The van der Waals surface area contributed by atoms with E-state index < -0.39 is 0 Å². The molecule has 0 bridgehead atoms. The Balaban J connectivity index is 1.04. The number of para-hydroxylation sites is 1. The maximum absolute atomic E-state index is 5.67. The van der Waals surface area contributed by atoms with Gasteiger partial charge in [-0.05, 0) is 140 Å². The molecule has 0 spiro atoms. The van der Waals surface area contributed by atoms with E-state index >= 15 is 0 Å². The Morgan fingerprint density at radius 1 is 0.227 bits per heavy atom. The standard InChI is InChI=1S/C64H38N2/c1-3-17-48-44(13-1)46-15-5-7-19-50(46)59-35-41(29-31-53(48)59)58-38-63(42-30-32-54-49-18-4-2-14-45(49)47-16-6-8-20-51(47)60(54)36-42)66-64-56-23-10-9-21-52(56)57(37-61(58)64)40-27-25-39(26-28-40)43-33-34-65-62-24-12-11-22-55(43)62/h1-38H. The lowest BCUT2D eigenvalue weighted by Gasteiger charge is -2.17. The fourth-order valence-electron chi connectivity index (χ4n) is 11.0. The SMILES string of the molecule is c1ccc2c(-c3ccc(-c4cc5c(-c6ccc7c8ccccc8c8ccccc8c7c6)cc(-c6ccc7c8ccccc8c8ccccc8c7c6)nc5c5ccccc45)cc3)ccnc2c1. The molecule has 0 N–H and O–H groups in total. The Labute approximate surface area is 380 Å². The molecule has 0 aliphatic heterocycles. The number of rotatable bonds is 4. The average Bonchev–Trinajstić information content (AvgIpc) is 3.40. The van der Waals surface area contributed by atoms with Crippen LogP contribution in [0.2, 0.25) is 0 Å². The molecule has 304 valence electrons. The molecule has 14 aromatic rings. The molecule has 0 atom stereocenters. The summed E-state index contributed by atoms with van der Waals surface area (Å²) in [5.41, 5.74) is 11.0. The molecule has 0 unspecified atom stereocenters. The number of fused-ring (bicyclic) bond motifs is 16. The van der Waals surface area contributed by atoms with Gasteiger partial charge in [-0.3, -0.25) is 4.98 Å². The molecule has 0 saturated heterocycles. The Hall–Kier alpha value is -8.72. The maximum Gasteiger partial charge on any atom is 0.0794 e. The van der Waals surface area contributed by atoms with E-state index in [2.05, 4.69) is 223 Å². The molecule has 2 aromatic heterocycles. The van der Waals surface area contributed by atoms with E-state index in [4.69, 9.17) is 4.98 Å². The lowest BCUT2D eigenvalue weighted by molar-refractivity contribution is 1.41. The molecule has 0 saturated carbocycles. The van der Waals surface area contributed by atoms with Gasteiger partial charge in [0.25, 0.3) is 0 Å². The van der Waals surface area contributed by atoms with Gasteiger partial charge in [0.1, 0.15) is 0 Å². The lowest BCUT2D eigenvalue weighted by atomic mass is 9.88. The van der Waals surface area contributed by atoms with Crippen LogP contribution in [-0.4, -0.2) is 9.97 Å². The average molecular weight is 835 g/mol. The van der Waals surface area contributed by atoms with E-state index in [0.717, 1.165) is 55.1 Å². The van der Waals surface area contributed by atoms with Gasteiger partial charge >= 0.3 is 0 Å². The summed E-state index contributed by atoms with van der Waals surface area (Å²) in [7, 11) is 0. The second kappa shape index (κ2) is 14.4. The van der Waals surface area contributed by atoms with Gasteiger partial charge in [-0.2, -0.15) is 0 Å². The van der Waals surface area contributed by atoms with Crippen molar-refractivity contribution in [3.05, 3.63) is 231 Å².